The molecule has 0 amide bonds. The molecule has 1 atom stereocenters. The van der Waals surface area contributed by atoms with Crippen LogP contribution < -0.4 is 4.74 Å². The molecule has 2 rings (SSSR count). The lowest BCUT2D eigenvalue weighted by atomic mass is 9.95. The second-order valence-electron chi connectivity index (χ2n) is 4.90. The largest absolute Gasteiger partial charge is 0.497 e. The van der Waals surface area contributed by atoms with Crippen molar-refractivity contribution in [3.05, 3.63) is 30.0 Å². The van der Waals surface area contributed by atoms with Crippen LogP contribution in [0.1, 0.15) is 31.7 Å². The zero-order chi connectivity index (χ0) is 15.4. The van der Waals surface area contributed by atoms with Gasteiger partial charge in [0.1, 0.15) is 5.75 Å². The van der Waals surface area contributed by atoms with Gasteiger partial charge in [-0.25, -0.2) is 4.79 Å². The van der Waals surface area contributed by atoms with Crippen molar-refractivity contribution >= 4 is 22.7 Å². The fourth-order valence-corrected chi connectivity index (χ4v) is 2.34. The van der Waals surface area contributed by atoms with Crippen molar-refractivity contribution in [3.8, 4) is 5.75 Å². The minimum absolute atomic E-state index is 0.0808. The van der Waals surface area contributed by atoms with Gasteiger partial charge in [0.2, 0.25) is 5.78 Å². The Balaban J connectivity index is 2.21. The summed E-state index contributed by atoms with van der Waals surface area (Å²) in [5.41, 5.74) is 1.96. The van der Waals surface area contributed by atoms with Gasteiger partial charge < -0.3 is 14.5 Å². The summed E-state index contributed by atoms with van der Waals surface area (Å²) in [6, 6.07) is 5.72. The Bertz CT molecular complexity index is 659. The molecule has 21 heavy (non-hydrogen) atoms. The predicted octanol–water partition coefficient (Wildman–Crippen LogP) is 2.80. The second-order valence-corrected chi connectivity index (χ2v) is 4.90. The van der Waals surface area contributed by atoms with Crippen LogP contribution in [0.15, 0.2) is 24.4 Å². The first-order chi connectivity index (χ1) is 10.1. The van der Waals surface area contributed by atoms with Crippen LogP contribution in [0.4, 0.5) is 0 Å². The predicted molar refractivity (Wildman–Crippen MR) is 79.5 cm³/mol. The van der Waals surface area contributed by atoms with E-state index in [1.165, 1.54) is 0 Å². The van der Waals surface area contributed by atoms with E-state index in [4.69, 9.17) is 9.47 Å². The molecule has 0 saturated heterocycles. The third-order valence-electron chi connectivity index (χ3n) is 3.45. The summed E-state index contributed by atoms with van der Waals surface area (Å²) in [5, 5.41) is 0.999. The zero-order valence-electron chi connectivity index (χ0n) is 12.4. The molecule has 0 aliphatic rings. The zero-order valence-corrected chi connectivity index (χ0v) is 12.4. The number of rotatable bonds is 6. The van der Waals surface area contributed by atoms with E-state index in [0.29, 0.717) is 0 Å². The molecule has 1 aromatic carbocycles. The van der Waals surface area contributed by atoms with Crippen LogP contribution in [-0.4, -0.2) is 30.5 Å². The Morgan fingerprint density at radius 3 is 2.76 bits per heavy atom. The maximum atomic E-state index is 11.8. The van der Waals surface area contributed by atoms with Crippen LogP contribution >= 0.6 is 0 Å². The number of hydrogen-bond acceptors (Lipinski definition) is 4. The summed E-state index contributed by atoms with van der Waals surface area (Å²) < 4.78 is 9.95. The number of carbonyl (C=O) groups excluding carboxylic acids is 2. The lowest BCUT2D eigenvalue weighted by Crippen LogP contribution is -2.19. The van der Waals surface area contributed by atoms with E-state index in [1.807, 2.05) is 31.3 Å². The number of nitrogens with one attached hydrogen (secondary N) is 1. The van der Waals surface area contributed by atoms with Crippen molar-refractivity contribution in [2.45, 2.75) is 26.2 Å². The first-order valence-corrected chi connectivity index (χ1v) is 6.91. The van der Waals surface area contributed by atoms with Gasteiger partial charge in [-0.2, -0.15) is 0 Å². The van der Waals surface area contributed by atoms with E-state index in [0.717, 1.165) is 22.2 Å². The number of methoxy groups -OCH3 is 1. The summed E-state index contributed by atoms with van der Waals surface area (Å²) in [6.45, 7) is 3.81. The molecule has 5 nitrogen and oxygen atoms in total. The number of H-pyrrole nitrogens is 1. The van der Waals surface area contributed by atoms with E-state index in [1.54, 1.807) is 14.0 Å². The third-order valence-corrected chi connectivity index (χ3v) is 3.45. The van der Waals surface area contributed by atoms with Crippen molar-refractivity contribution in [1.82, 2.24) is 4.98 Å². The minimum Gasteiger partial charge on any atom is -0.497 e. The molecule has 0 bridgehead atoms. The molecule has 1 heterocycles. The van der Waals surface area contributed by atoms with Gasteiger partial charge in [-0.05, 0) is 36.6 Å². The Morgan fingerprint density at radius 1 is 1.33 bits per heavy atom. The van der Waals surface area contributed by atoms with E-state index in [9.17, 15) is 9.59 Å². The molecule has 0 saturated carbocycles. The number of aromatic amines is 1. The van der Waals surface area contributed by atoms with Gasteiger partial charge in [0.05, 0.1) is 13.7 Å². The van der Waals surface area contributed by atoms with E-state index < -0.39 is 11.8 Å². The highest BCUT2D eigenvalue weighted by molar-refractivity contribution is 6.33. The summed E-state index contributed by atoms with van der Waals surface area (Å²) in [5.74, 6) is -0.585. The molecule has 1 unspecified atom stereocenters. The van der Waals surface area contributed by atoms with Crippen LogP contribution in [0.2, 0.25) is 0 Å². The topological polar surface area (TPSA) is 68.4 Å². The monoisotopic (exact) mass is 289 g/mol. The maximum absolute atomic E-state index is 11.8. The van der Waals surface area contributed by atoms with Crippen LogP contribution in [0.3, 0.4) is 0 Å². The van der Waals surface area contributed by atoms with Gasteiger partial charge in [0.25, 0.3) is 0 Å². The van der Waals surface area contributed by atoms with Crippen LogP contribution in [-0.2, 0) is 14.3 Å². The Labute approximate surface area is 123 Å². The highest BCUT2D eigenvalue weighted by atomic mass is 16.5. The summed E-state index contributed by atoms with van der Waals surface area (Å²) >= 11 is 0. The van der Waals surface area contributed by atoms with Crippen molar-refractivity contribution in [3.63, 3.8) is 0 Å². The quantitative estimate of drug-likeness (QED) is 0.656. The van der Waals surface area contributed by atoms with Gasteiger partial charge in [0.15, 0.2) is 0 Å². The van der Waals surface area contributed by atoms with Gasteiger partial charge >= 0.3 is 5.97 Å². The Morgan fingerprint density at radius 2 is 2.10 bits per heavy atom. The average Bonchev–Trinajstić information content (AvgIpc) is 2.90. The second kappa shape index (κ2) is 6.43. The number of ether oxygens (including phenoxy) is 2. The van der Waals surface area contributed by atoms with Crippen molar-refractivity contribution in [2.24, 2.45) is 0 Å². The molecule has 2 aromatic rings. The van der Waals surface area contributed by atoms with Crippen LogP contribution in [0.25, 0.3) is 10.9 Å². The standard InChI is InChI=1S/C16H19NO4/c1-4-21-16(19)15(18)7-10(2)13-9-17-14-6-5-11(20-3)8-12(13)14/h5-6,8-10,17H,4,7H2,1-3H3. The molecule has 1 aromatic heterocycles. The molecule has 0 aliphatic carbocycles. The maximum Gasteiger partial charge on any atom is 0.374 e. The van der Waals surface area contributed by atoms with Crippen LogP contribution in [0.5, 0.6) is 5.75 Å². The lowest BCUT2D eigenvalue weighted by Gasteiger charge is -2.10. The molecule has 0 radical (unpaired) electrons. The fourth-order valence-electron chi connectivity index (χ4n) is 2.34. The molecule has 0 aliphatic heterocycles. The summed E-state index contributed by atoms with van der Waals surface area (Å²) in [7, 11) is 1.61. The molecule has 5 heteroatoms. The van der Waals surface area contributed by atoms with E-state index in [-0.39, 0.29) is 18.9 Å². The number of fused-ring (bicyclic) bond motifs is 1. The number of hydrogen-bond donors (Lipinski definition) is 1. The third kappa shape index (κ3) is 3.24. The van der Waals surface area contributed by atoms with Crippen molar-refractivity contribution < 1.29 is 19.1 Å². The van der Waals surface area contributed by atoms with Crippen LogP contribution in [0, 0.1) is 0 Å². The normalized spacial score (nSPS) is 12.1. The number of Topliss-reactive ketones (excluding diaryl/α,β-unsaturated/α-hetero) is 1. The van der Waals surface area contributed by atoms with Gasteiger partial charge in [-0.1, -0.05) is 6.92 Å². The first-order valence-electron chi connectivity index (χ1n) is 6.91. The SMILES string of the molecule is CCOC(=O)C(=O)CC(C)c1c[nH]c2ccc(OC)cc12. The van der Waals surface area contributed by atoms with Gasteiger partial charge in [0, 0.05) is 23.5 Å². The molecule has 112 valence electrons. The Hall–Kier alpha value is -2.30. The first kappa shape index (κ1) is 15.1. The number of benzene rings is 1. The molecule has 1 N–H and O–H groups in total. The number of carbonyl (C=O) groups is 2. The molecular weight excluding hydrogens is 270 g/mol. The molecule has 0 fully saturated rings. The summed E-state index contributed by atoms with van der Waals surface area (Å²) in [6.07, 6.45) is 2.00. The number of aromatic nitrogens is 1. The number of esters is 1. The Kier molecular flexibility index (Phi) is 4.62. The fraction of sp³-hybridized carbons (Fsp3) is 0.375. The van der Waals surface area contributed by atoms with Gasteiger partial charge in [-0.15, -0.1) is 0 Å². The van der Waals surface area contributed by atoms with E-state index >= 15 is 0 Å². The van der Waals surface area contributed by atoms with Crippen molar-refractivity contribution in [1.29, 1.82) is 0 Å². The highest BCUT2D eigenvalue weighted by Gasteiger charge is 2.21. The smallest absolute Gasteiger partial charge is 0.374 e. The molecule has 0 spiro atoms. The summed E-state index contributed by atoms with van der Waals surface area (Å²) in [4.78, 5) is 26.4. The van der Waals surface area contributed by atoms with Gasteiger partial charge in [-0.3, -0.25) is 4.79 Å². The van der Waals surface area contributed by atoms with Crippen molar-refractivity contribution in [2.75, 3.05) is 13.7 Å². The minimum atomic E-state index is -0.762. The van der Waals surface area contributed by atoms with E-state index in [2.05, 4.69) is 4.98 Å². The highest BCUT2D eigenvalue weighted by Crippen LogP contribution is 2.30. The number of ketones is 1. The molecular formula is C16H19NO4. The average molecular weight is 289 g/mol. The lowest BCUT2D eigenvalue weighted by molar-refractivity contribution is -0.153.